The topological polar surface area (TPSA) is 67.2 Å². The lowest BCUT2D eigenvalue weighted by atomic mass is 9.88. The Hall–Kier alpha value is -2.52. The Bertz CT molecular complexity index is 1130. The summed E-state index contributed by atoms with van der Waals surface area (Å²) in [5.74, 6) is 1.00. The van der Waals surface area contributed by atoms with Gasteiger partial charge >= 0.3 is 0 Å². The van der Waals surface area contributed by atoms with E-state index in [2.05, 4.69) is 72.0 Å². The van der Waals surface area contributed by atoms with Crippen molar-refractivity contribution >= 4 is 22.0 Å². The van der Waals surface area contributed by atoms with Crippen molar-refractivity contribution in [3.63, 3.8) is 0 Å². The number of fused-ring (bicyclic) bond motifs is 1. The standard InChI is InChI=1S/C24H27BrN6O/c1-16-14-30(15-26-16)21-11-9-17(27-24(21)32-2)10-12-22-28-23-19(7-5-13-31(23)29-22)18-6-3-4-8-20(18)25/h3-4,6,8-12,14-15,19,22-23,28-29H,5,7,13H2,1-2H3/b12-10+/t19-,22?,23?/m1/s1. The number of halogens is 1. The molecule has 4 heterocycles. The molecule has 0 spiro atoms. The van der Waals surface area contributed by atoms with Gasteiger partial charge in [0.15, 0.2) is 0 Å². The minimum Gasteiger partial charge on any atom is -0.479 e. The quantitative estimate of drug-likeness (QED) is 0.558. The van der Waals surface area contributed by atoms with Gasteiger partial charge in [0.25, 0.3) is 0 Å². The molecule has 2 fully saturated rings. The summed E-state index contributed by atoms with van der Waals surface area (Å²) < 4.78 is 8.64. The van der Waals surface area contributed by atoms with Crippen LogP contribution in [-0.4, -0.2) is 45.5 Å². The first-order chi connectivity index (χ1) is 15.6. The number of hydrogen-bond acceptors (Lipinski definition) is 6. The maximum atomic E-state index is 5.54. The maximum Gasteiger partial charge on any atom is 0.238 e. The number of pyridine rings is 1. The molecule has 166 valence electrons. The first-order valence-electron chi connectivity index (χ1n) is 10.9. The predicted molar refractivity (Wildman–Crippen MR) is 128 cm³/mol. The number of methoxy groups -OCH3 is 1. The number of rotatable bonds is 5. The van der Waals surface area contributed by atoms with Gasteiger partial charge in [-0.25, -0.2) is 20.4 Å². The zero-order valence-electron chi connectivity index (χ0n) is 18.2. The summed E-state index contributed by atoms with van der Waals surface area (Å²) in [7, 11) is 1.64. The van der Waals surface area contributed by atoms with Crippen LogP contribution in [0, 0.1) is 6.92 Å². The van der Waals surface area contributed by atoms with Crippen LogP contribution in [0.3, 0.4) is 0 Å². The molecule has 3 atom stereocenters. The predicted octanol–water partition coefficient (Wildman–Crippen LogP) is 4.00. The lowest BCUT2D eigenvalue weighted by molar-refractivity contribution is 0.114. The van der Waals surface area contributed by atoms with Crippen molar-refractivity contribution in [2.24, 2.45) is 0 Å². The van der Waals surface area contributed by atoms with Gasteiger partial charge in [-0.3, -0.25) is 5.32 Å². The molecule has 0 amide bonds. The Morgan fingerprint density at radius 1 is 1.22 bits per heavy atom. The Labute approximate surface area is 196 Å². The summed E-state index contributed by atoms with van der Waals surface area (Å²) >= 11 is 3.74. The molecule has 32 heavy (non-hydrogen) atoms. The number of ether oxygens (including phenoxy) is 1. The van der Waals surface area contributed by atoms with Gasteiger partial charge in [-0.2, -0.15) is 0 Å². The van der Waals surface area contributed by atoms with Gasteiger partial charge in [0.2, 0.25) is 5.88 Å². The van der Waals surface area contributed by atoms with Crippen molar-refractivity contribution in [2.45, 2.75) is 38.0 Å². The fraction of sp³-hybridized carbons (Fsp3) is 0.333. The number of aromatic nitrogens is 3. The molecule has 1 aromatic carbocycles. The van der Waals surface area contributed by atoms with Crippen molar-refractivity contribution < 1.29 is 4.74 Å². The molecule has 3 aromatic rings. The molecule has 0 bridgehead atoms. The van der Waals surface area contributed by atoms with Crippen LogP contribution in [0.15, 0.2) is 59.5 Å². The van der Waals surface area contributed by atoms with Crippen molar-refractivity contribution in [2.75, 3.05) is 13.7 Å². The largest absolute Gasteiger partial charge is 0.479 e. The van der Waals surface area contributed by atoms with Gasteiger partial charge in [0, 0.05) is 23.1 Å². The Morgan fingerprint density at radius 2 is 2.09 bits per heavy atom. The van der Waals surface area contributed by atoms with Crippen LogP contribution in [0.4, 0.5) is 0 Å². The molecule has 2 saturated heterocycles. The minimum absolute atomic E-state index is 0.0480. The van der Waals surface area contributed by atoms with E-state index in [4.69, 9.17) is 4.74 Å². The van der Waals surface area contributed by atoms with Crippen LogP contribution in [0.1, 0.15) is 35.7 Å². The van der Waals surface area contributed by atoms with E-state index in [1.807, 2.05) is 35.9 Å². The van der Waals surface area contributed by atoms with Crippen molar-refractivity contribution in [3.8, 4) is 11.6 Å². The van der Waals surface area contributed by atoms with Gasteiger partial charge in [0.05, 0.1) is 37.2 Å². The van der Waals surface area contributed by atoms with E-state index in [0.29, 0.717) is 11.8 Å². The van der Waals surface area contributed by atoms with Crippen molar-refractivity contribution in [1.82, 2.24) is 30.3 Å². The minimum atomic E-state index is 0.0480. The Morgan fingerprint density at radius 3 is 2.88 bits per heavy atom. The van der Waals surface area contributed by atoms with Gasteiger partial charge in [-0.1, -0.05) is 34.1 Å². The number of benzene rings is 1. The maximum absolute atomic E-state index is 5.54. The molecule has 0 aliphatic carbocycles. The first kappa shape index (κ1) is 21.3. The molecule has 2 aliphatic rings. The van der Waals surface area contributed by atoms with E-state index >= 15 is 0 Å². The second kappa shape index (κ2) is 9.15. The van der Waals surface area contributed by atoms with E-state index in [0.717, 1.165) is 23.6 Å². The SMILES string of the molecule is COc1nc(/C=C/C2NC3[C@@H](c4ccccc4Br)CCCN3N2)ccc1-n1cnc(C)c1. The lowest BCUT2D eigenvalue weighted by Crippen LogP contribution is -2.47. The summed E-state index contributed by atoms with van der Waals surface area (Å²) in [6.07, 6.45) is 10.5. The molecule has 2 aromatic heterocycles. The monoisotopic (exact) mass is 494 g/mol. The summed E-state index contributed by atoms with van der Waals surface area (Å²) in [6.45, 7) is 3.00. The highest BCUT2D eigenvalue weighted by Crippen LogP contribution is 2.36. The third-order valence-corrected chi connectivity index (χ3v) is 6.82. The molecular weight excluding hydrogens is 468 g/mol. The molecule has 2 unspecified atom stereocenters. The Balaban J connectivity index is 1.32. The second-order valence-electron chi connectivity index (χ2n) is 8.23. The van der Waals surface area contributed by atoms with Crippen LogP contribution in [-0.2, 0) is 0 Å². The zero-order chi connectivity index (χ0) is 22.1. The normalized spacial score (nSPS) is 23.5. The summed E-state index contributed by atoms with van der Waals surface area (Å²) in [6, 6.07) is 12.5. The van der Waals surface area contributed by atoms with Crippen LogP contribution in [0.5, 0.6) is 5.88 Å². The number of piperidine rings is 1. The molecule has 7 nitrogen and oxygen atoms in total. The van der Waals surface area contributed by atoms with Gasteiger partial charge < -0.3 is 9.30 Å². The fourth-order valence-corrected chi connectivity index (χ4v) is 5.16. The molecule has 0 radical (unpaired) electrons. The molecule has 2 aliphatic heterocycles. The number of aryl methyl sites for hydroxylation is 1. The molecule has 8 heteroatoms. The zero-order valence-corrected chi connectivity index (χ0v) is 19.8. The number of hydrazine groups is 1. The Kier molecular flexibility index (Phi) is 6.10. The average molecular weight is 495 g/mol. The molecular formula is C24H27BrN6O. The first-order valence-corrected chi connectivity index (χ1v) is 11.7. The van der Waals surface area contributed by atoms with E-state index in [-0.39, 0.29) is 12.3 Å². The summed E-state index contributed by atoms with van der Waals surface area (Å²) in [4.78, 5) is 8.96. The third kappa shape index (κ3) is 4.23. The van der Waals surface area contributed by atoms with Crippen molar-refractivity contribution in [1.29, 1.82) is 0 Å². The third-order valence-electron chi connectivity index (χ3n) is 6.10. The fourth-order valence-electron chi connectivity index (χ4n) is 4.58. The van der Waals surface area contributed by atoms with Gasteiger partial charge in [-0.05, 0) is 55.7 Å². The summed E-state index contributed by atoms with van der Waals surface area (Å²) in [5.41, 5.74) is 7.63. The van der Waals surface area contributed by atoms with E-state index in [1.54, 1.807) is 13.4 Å². The number of imidazole rings is 1. The van der Waals surface area contributed by atoms with Crippen LogP contribution in [0.25, 0.3) is 11.8 Å². The molecule has 0 saturated carbocycles. The summed E-state index contributed by atoms with van der Waals surface area (Å²) in [5, 5.41) is 6.08. The molecule has 2 N–H and O–H groups in total. The van der Waals surface area contributed by atoms with Gasteiger partial charge in [0.1, 0.15) is 5.69 Å². The second-order valence-corrected chi connectivity index (χ2v) is 9.08. The van der Waals surface area contributed by atoms with Crippen LogP contribution >= 0.6 is 15.9 Å². The van der Waals surface area contributed by atoms with Crippen LogP contribution in [0.2, 0.25) is 0 Å². The number of nitrogens with one attached hydrogen (secondary N) is 2. The number of nitrogens with zero attached hydrogens (tertiary/aromatic N) is 4. The average Bonchev–Trinajstić information content (AvgIpc) is 3.43. The highest BCUT2D eigenvalue weighted by atomic mass is 79.9. The smallest absolute Gasteiger partial charge is 0.238 e. The highest BCUT2D eigenvalue weighted by Gasteiger charge is 2.39. The highest BCUT2D eigenvalue weighted by molar-refractivity contribution is 9.10. The van der Waals surface area contributed by atoms with Crippen molar-refractivity contribution in [3.05, 3.63) is 76.4 Å². The van der Waals surface area contributed by atoms with E-state index in [1.165, 1.54) is 22.9 Å². The van der Waals surface area contributed by atoms with Crippen LogP contribution < -0.4 is 15.5 Å². The van der Waals surface area contributed by atoms with E-state index in [9.17, 15) is 0 Å². The van der Waals surface area contributed by atoms with E-state index < -0.39 is 0 Å². The molecule has 5 rings (SSSR count). The lowest BCUT2D eigenvalue weighted by Gasteiger charge is -2.36. The number of hydrogen-bond donors (Lipinski definition) is 2. The van der Waals surface area contributed by atoms with Gasteiger partial charge in [-0.15, -0.1) is 0 Å².